The largest absolute Gasteiger partial charge is 0.459 e. The molecule has 0 aromatic heterocycles. The third kappa shape index (κ3) is 6.41. The van der Waals surface area contributed by atoms with Crippen LogP contribution in [0.5, 0.6) is 0 Å². The summed E-state index contributed by atoms with van der Waals surface area (Å²) in [5.74, 6) is -2.44. The average molecular weight is 632 g/mol. The molecule has 1 aliphatic heterocycles. The van der Waals surface area contributed by atoms with Gasteiger partial charge in [0.15, 0.2) is 5.22 Å². The molecule has 1 amide bonds. The predicted molar refractivity (Wildman–Crippen MR) is 176 cm³/mol. The highest BCUT2D eigenvalue weighted by molar-refractivity contribution is 8.01. The lowest BCUT2D eigenvalue weighted by Gasteiger charge is -2.51. The van der Waals surface area contributed by atoms with E-state index in [0.29, 0.717) is 0 Å². The Labute approximate surface area is 265 Å². The Morgan fingerprint density at radius 1 is 0.955 bits per heavy atom. The zero-order chi connectivity index (χ0) is 32.1. The number of rotatable bonds is 13. The minimum Gasteiger partial charge on any atom is -0.459 e. The number of carbonyl (C=O) groups is 3. The smallest absolute Gasteiger partial charge is 0.346 e. The first-order valence-corrected chi connectivity index (χ1v) is 19.1. The number of carbonyl (C=O) groups excluding carboxylic acids is 3. The van der Waals surface area contributed by atoms with Gasteiger partial charge in [-0.15, -0.1) is 11.8 Å². The minimum atomic E-state index is -2.47. The van der Waals surface area contributed by atoms with E-state index in [1.54, 1.807) is 13.8 Å². The molecule has 9 heteroatoms. The van der Waals surface area contributed by atoms with Gasteiger partial charge in [0.05, 0.1) is 22.1 Å². The number of likely N-dealkylation sites (tertiary alicyclic amines) is 1. The number of hydrogen-bond donors (Lipinski definition) is 1. The monoisotopic (exact) mass is 631 g/mol. The average Bonchev–Trinajstić information content (AvgIpc) is 3.01. The van der Waals surface area contributed by atoms with Gasteiger partial charge in [0.25, 0.3) is 0 Å². The number of nitrogens with zero attached hydrogens (tertiary/aromatic N) is 1. The molecule has 3 aromatic rings. The van der Waals surface area contributed by atoms with Crippen molar-refractivity contribution in [2.45, 2.75) is 54.9 Å². The van der Waals surface area contributed by atoms with Crippen molar-refractivity contribution in [2.75, 3.05) is 13.2 Å². The molecule has 0 radical (unpaired) electrons. The van der Waals surface area contributed by atoms with Crippen molar-refractivity contribution in [1.82, 2.24) is 4.90 Å². The second-order valence-electron chi connectivity index (χ2n) is 12.2. The number of hydrogen-bond acceptors (Lipinski definition) is 7. The van der Waals surface area contributed by atoms with Gasteiger partial charge in [0, 0.05) is 0 Å². The van der Waals surface area contributed by atoms with E-state index in [4.69, 9.17) is 9.47 Å². The highest BCUT2D eigenvalue weighted by Crippen LogP contribution is 2.54. The molecular weight excluding hydrogens is 591 g/mol. The molecule has 0 bridgehead atoms. The SMILES string of the molecule is C=CCOC(=O)C(C)(OC(=O)CN1C(=O)[C@H](C(C)O)[C@H]1SC(c1ccccc1)(c1ccccc1)c1ccccc1)[Si](C)(C)C. The van der Waals surface area contributed by atoms with E-state index in [9.17, 15) is 19.5 Å². The number of amides is 1. The Kier molecular flexibility index (Phi) is 10.2. The Hall–Kier alpha value is -3.66. The molecule has 4 rings (SSSR count). The summed E-state index contributed by atoms with van der Waals surface area (Å²) in [6.45, 7) is 12.1. The van der Waals surface area contributed by atoms with Crippen molar-refractivity contribution in [3.05, 3.63) is 120 Å². The van der Waals surface area contributed by atoms with Gasteiger partial charge >= 0.3 is 11.9 Å². The maximum atomic E-state index is 13.5. The van der Waals surface area contributed by atoms with Crippen LogP contribution in [0.15, 0.2) is 104 Å². The lowest BCUT2D eigenvalue weighted by Crippen LogP contribution is -2.66. The molecule has 0 saturated carbocycles. The van der Waals surface area contributed by atoms with E-state index in [0.717, 1.165) is 16.7 Å². The molecule has 1 N–H and O–H groups in total. The topological polar surface area (TPSA) is 93.1 Å². The number of aliphatic hydroxyl groups excluding tert-OH is 1. The van der Waals surface area contributed by atoms with Crippen LogP contribution in [0, 0.1) is 5.92 Å². The van der Waals surface area contributed by atoms with E-state index in [1.807, 2.05) is 74.2 Å². The molecule has 1 heterocycles. The zero-order valence-electron chi connectivity index (χ0n) is 25.9. The van der Waals surface area contributed by atoms with Crippen molar-refractivity contribution in [3.63, 3.8) is 0 Å². The third-order valence-corrected chi connectivity index (χ3v) is 13.3. The fraction of sp³-hybridized carbons (Fsp3) is 0.343. The van der Waals surface area contributed by atoms with E-state index in [-0.39, 0.29) is 19.1 Å². The first-order valence-electron chi connectivity index (χ1n) is 14.7. The molecule has 44 heavy (non-hydrogen) atoms. The maximum absolute atomic E-state index is 13.5. The van der Waals surface area contributed by atoms with Gasteiger partial charge < -0.3 is 19.5 Å². The molecule has 2 unspecified atom stereocenters. The van der Waals surface area contributed by atoms with Crippen LogP contribution in [0.25, 0.3) is 0 Å². The highest BCUT2D eigenvalue weighted by atomic mass is 32.2. The van der Waals surface area contributed by atoms with Gasteiger partial charge in [-0.3, -0.25) is 9.59 Å². The van der Waals surface area contributed by atoms with Crippen LogP contribution in [0.4, 0.5) is 0 Å². The standard InChI is InChI=1S/C35H41NO6SSi/c1-7-23-41-33(40)34(3,44(4,5)6)42-29(38)24-36-31(39)30(25(2)37)32(36)43-35(26-17-11-8-12-18-26,27-19-13-9-14-20-27)28-21-15-10-16-22-28/h7-22,25,30,32,37H,1,23-24H2,2-6H3/t25?,30-,32+,34?/m0/s1. The summed E-state index contributed by atoms with van der Waals surface area (Å²) in [6, 6.07) is 30.1. The van der Waals surface area contributed by atoms with Gasteiger partial charge in [-0.1, -0.05) is 123 Å². The molecule has 1 aliphatic rings. The van der Waals surface area contributed by atoms with Crippen LogP contribution in [-0.4, -0.2) is 65.8 Å². The van der Waals surface area contributed by atoms with Crippen molar-refractivity contribution < 1.29 is 29.0 Å². The van der Waals surface area contributed by atoms with Crippen molar-refractivity contribution in [2.24, 2.45) is 5.92 Å². The van der Waals surface area contributed by atoms with Gasteiger partial charge in [-0.2, -0.15) is 0 Å². The summed E-state index contributed by atoms with van der Waals surface area (Å²) in [6.07, 6.45) is 0.507. The molecule has 4 atom stereocenters. The number of aliphatic hydroxyl groups is 1. The lowest BCUT2D eigenvalue weighted by molar-refractivity contribution is -0.176. The normalized spacial score (nSPS) is 18.9. The predicted octanol–water partition coefficient (Wildman–Crippen LogP) is 5.79. The van der Waals surface area contributed by atoms with Gasteiger partial charge in [-0.25, -0.2) is 4.79 Å². The molecule has 232 valence electrons. The Morgan fingerprint density at radius 3 is 1.80 bits per heavy atom. The Bertz CT molecular complexity index is 1360. The van der Waals surface area contributed by atoms with Crippen molar-refractivity contribution in [3.8, 4) is 0 Å². The molecule has 7 nitrogen and oxygen atoms in total. The van der Waals surface area contributed by atoms with E-state index in [1.165, 1.54) is 22.7 Å². The quantitative estimate of drug-likeness (QED) is 0.0840. The summed E-state index contributed by atoms with van der Waals surface area (Å²) in [5, 5.41) is 8.72. The Morgan fingerprint density at radius 2 is 1.41 bits per heavy atom. The number of β-lactam (4-membered cyclic amide) rings is 1. The highest BCUT2D eigenvalue weighted by Gasteiger charge is 2.56. The number of esters is 2. The molecule has 0 spiro atoms. The molecule has 1 fully saturated rings. The fourth-order valence-electron chi connectivity index (χ4n) is 5.38. The first-order chi connectivity index (χ1) is 20.9. The van der Waals surface area contributed by atoms with Crippen LogP contribution < -0.4 is 0 Å². The maximum Gasteiger partial charge on any atom is 0.346 e. The van der Waals surface area contributed by atoms with E-state index >= 15 is 0 Å². The number of thioether (sulfide) groups is 1. The van der Waals surface area contributed by atoms with Crippen molar-refractivity contribution >= 4 is 37.7 Å². The third-order valence-electron chi connectivity index (χ3n) is 8.31. The van der Waals surface area contributed by atoms with Crippen molar-refractivity contribution in [1.29, 1.82) is 0 Å². The molecule has 1 saturated heterocycles. The number of ether oxygens (including phenoxy) is 2. The van der Waals surface area contributed by atoms with Crippen LogP contribution in [0.1, 0.15) is 30.5 Å². The second kappa shape index (κ2) is 13.5. The zero-order valence-corrected chi connectivity index (χ0v) is 27.8. The van der Waals surface area contributed by atoms with Gasteiger partial charge in [-0.05, 0) is 30.5 Å². The summed E-state index contributed by atoms with van der Waals surface area (Å²) in [4.78, 5) is 41.6. The second-order valence-corrected chi connectivity index (χ2v) is 18.9. The lowest BCUT2D eigenvalue weighted by atomic mass is 9.84. The number of benzene rings is 3. The van der Waals surface area contributed by atoms with Gasteiger partial charge in [0.2, 0.25) is 5.91 Å². The first kappa shape index (κ1) is 33.2. The fourth-order valence-corrected chi connectivity index (χ4v) is 8.46. The van der Waals surface area contributed by atoms with Crippen LogP contribution >= 0.6 is 11.8 Å². The van der Waals surface area contributed by atoms with Crippen LogP contribution in [-0.2, 0) is 28.6 Å². The van der Waals surface area contributed by atoms with E-state index in [2.05, 4.69) is 43.0 Å². The summed E-state index contributed by atoms with van der Waals surface area (Å²) in [7, 11) is -2.47. The van der Waals surface area contributed by atoms with Crippen LogP contribution in [0.2, 0.25) is 19.6 Å². The summed E-state index contributed by atoms with van der Waals surface area (Å²) >= 11 is 1.51. The summed E-state index contributed by atoms with van der Waals surface area (Å²) < 4.78 is 10.4. The molecule has 3 aromatic carbocycles. The minimum absolute atomic E-state index is 0.00358. The molecular formula is C35H41NO6SSi. The Balaban J connectivity index is 1.75. The van der Waals surface area contributed by atoms with E-state index < -0.39 is 47.4 Å². The van der Waals surface area contributed by atoms with Crippen LogP contribution in [0.3, 0.4) is 0 Å². The summed E-state index contributed by atoms with van der Waals surface area (Å²) in [5.41, 5.74) is 2.97. The molecule has 0 aliphatic carbocycles. The van der Waals surface area contributed by atoms with Gasteiger partial charge in [0.1, 0.15) is 21.2 Å².